The quantitative estimate of drug-likeness (QED) is 0.455. The van der Waals surface area contributed by atoms with E-state index in [1.807, 2.05) is 30.3 Å². The van der Waals surface area contributed by atoms with Crippen LogP contribution in [-0.2, 0) is 0 Å². The van der Waals surface area contributed by atoms with Crippen molar-refractivity contribution in [2.75, 3.05) is 54.9 Å². The monoisotopic (exact) mass is 458 g/mol. The van der Waals surface area contributed by atoms with Gasteiger partial charge in [0.2, 0.25) is 17.7 Å². The van der Waals surface area contributed by atoms with Gasteiger partial charge in [-0.2, -0.15) is 15.0 Å². The predicted molar refractivity (Wildman–Crippen MR) is 130 cm³/mol. The molecule has 3 heterocycles. The van der Waals surface area contributed by atoms with E-state index < -0.39 is 0 Å². The summed E-state index contributed by atoms with van der Waals surface area (Å²) < 4.78 is 0. The number of rotatable bonds is 7. The van der Waals surface area contributed by atoms with E-state index in [9.17, 15) is 4.79 Å². The van der Waals surface area contributed by atoms with Crippen molar-refractivity contribution >= 4 is 29.3 Å². The lowest BCUT2D eigenvalue weighted by molar-refractivity contribution is 0.102. The number of para-hydroxylation sites is 1. The Labute approximate surface area is 198 Å². The van der Waals surface area contributed by atoms with E-state index in [-0.39, 0.29) is 12.5 Å². The highest BCUT2D eigenvalue weighted by molar-refractivity contribution is 6.04. The summed E-state index contributed by atoms with van der Waals surface area (Å²) in [7, 11) is 0. The topological polar surface area (TPSA) is 119 Å². The zero-order valence-corrected chi connectivity index (χ0v) is 18.9. The third kappa shape index (κ3) is 6.04. The molecule has 174 valence electrons. The maximum absolute atomic E-state index is 12.4. The first kappa shape index (κ1) is 23.1. The molecule has 0 bridgehead atoms. The van der Waals surface area contributed by atoms with Gasteiger partial charge in [-0.3, -0.25) is 9.69 Å². The first-order chi connectivity index (χ1) is 16.6. The summed E-state index contributed by atoms with van der Waals surface area (Å²) in [6.07, 6.45) is 1.50. The van der Waals surface area contributed by atoms with Crippen LogP contribution < -0.4 is 15.5 Å². The van der Waals surface area contributed by atoms with Crippen LogP contribution in [0, 0.1) is 11.8 Å². The first-order valence-electron chi connectivity index (χ1n) is 11.0. The van der Waals surface area contributed by atoms with E-state index >= 15 is 0 Å². The first-order valence-corrected chi connectivity index (χ1v) is 11.0. The molecule has 1 aliphatic heterocycles. The molecule has 1 aromatic carbocycles. The lowest BCUT2D eigenvalue weighted by Crippen LogP contribution is -2.47. The number of anilines is 4. The fourth-order valence-electron chi connectivity index (χ4n) is 3.48. The van der Waals surface area contributed by atoms with E-state index in [1.54, 1.807) is 19.1 Å². The van der Waals surface area contributed by atoms with Crippen LogP contribution in [-0.4, -0.2) is 75.2 Å². The van der Waals surface area contributed by atoms with Gasteiger partial charge in [-0.05, 0) is 37.1 Å². The molecule has 0 unspecified atom stereocenters. The molecule has 1 amide bonds. The number of hydrogen-bond donors (Lipinski definition) is 3. The zero-order chi connectivity index (χ0) is 23.8. The molecule has 0 radical (unpaired) electrons. The Hall–Kier alpha value is -4.07. The molecule has 3 N–H and O–H groups in total. The second kappa shape index (κ2) is 11.2. The van der Waals surface area contributed by atoms with Crippen LogP contribution in [0.25, 0.3) is 0 Å². The molecule has 0 atom stereocenters. The molecule has 1 aliphatic rings. The number of aromatic nitrogens is 4. The van der Waals surface area contributed by atoms with E-state index in [2.05, 4.69) is 52.2 Å². The van der Waals surface area contributed by atoms with Crippen molar-refractivity contribution in [1.82, 2.24) is 24.8 Å². The molecule has 3 aromatic rings. The van der Waals surface area contributed by atoms with Crippen molar-refractivity contribution in [3.8, 4) is 11.8 Å². The largest absolute Gasteiger partial charge is 0.395 e. The number of amides is 1. The molecule has 1 fully saturated rings. The molecule has 0 spiro atoms. The van der Waals surface area contributed by atoms with Crippen molar-refractivity contribution in [3.05, 3.63) is 60.0 Å². The average Bonchev–Trinajstić information content (AvgIpc) is 2.86. The predicted octanol–water partition coefficient (Wildman–Crippen LogP) is 1.75. The smallest absolute Gasteiger partial charge is 0.257 e. The van der Waals surface area contributed by atoms with E-state index in [0.717, 1.165) is 26.2 Å². The minimum atomic E-state index is -0.242. The minimum Gasteiger partial charge on any atom is -0.395 e. The van der Waals surface area contributed by atoms with Gasteiger partial charge in [0.05, 0.1) is 12.2 Å². The number of carbonyl (C=O) groups is 1. The molecule has 10 nitrogen and oxygen atoms in total. The maximum Gasteiger partial charge on any atom is 0.257 e. The maximum atomic E-state index is 12.4. The van der Waals surface area contributed by atoms with Gasteiger partial charge in [-0.25, -0.2) is 4.98 Å². The third-order valence-corrected chi connectivity index (χ3v) is 5.23. The Morgan fingerprint density at radius 1 is 1.06 bits per heavy atom. The molecule has 34 heavy (non-hydrogen) atoms. The van der Waals surface area contributed by atoms with Gasteiger partial charge in [-0.1, -0.05) is 24.1 Å². The fourth-order valence-corrected chi connectivity index (χ4v) is 3.48. The number of pyridine rings is 1. The third-order valence-electron chi connectivity index (χ3n) is 5.23. The SMILES string of the molecule is CC#Cc1nc(Nc2ccc(C(=O)Nc3ccccc3)cn2)nc(N2CCN(CCO)CC2)n1. The van der Waals surface area contributed by atoms with Crippen LogP contribution in [0.4, 0.5) is 23.4 Å². The van der Waals surface area contributed by atoms with Crippen LogP contribution in [0.1, 0.15) is 23.1 Å². The summed E-state index contributed by atoms with van der Waals surface area (Å²) in [5.41, 5.74) is 1.15. The summed E-state index contributed by atoms with van der Waals surface area (Å²) in [4.78, 5) is 34.5. The lowest BCUT2D eigenvalue weighted by atomic mass is 10.2. The van der Waals surface area contributed by atoms with E-state index in [4.69, 9.17) is 5.11 Å². The van der Waals surface area contributed by atoms with Crippen LogP contribution >= 0.6 is 0 Å². The van der Waals surface area contributed by atoms with Gasteiger partial charge in [0, 0.05) is 44.6 Å². The molecular formula is C24H26N8O2. The van der Waals surface area contributed by atoms with Crippen molar-refractivity contribution in [3.63, 3.8) is 0 Å². The normalized spacial score (nSPS) is 13.6. The number of benzene rings is 1. The van der Waals surface area contributed by atoms with Crippen LogP contribution in [0.5, 0.6) is 0 Å². The Kier molecular flexibility index (Phi) is 7.60. The molecule has 2 aromatic heterocycles. The van der Waals surface area contributed by atoms with Gasteiger partial charge in [0.1, 0.15) is 5.82 Å². The van der Waals surface area contributed by atoms with Crippen LogP contribution in [0.3, 0.4) is 0 Å². The van der Waals surface area contributed by atoms with Crippen molar-refractivity contribution in [2.45, 2.75) is 6.92 Å². The van der Waals surface area contributed by atoms with E-state index in [1.165, 1.54) is 6.20 Å². The fraction of sp³-hybridized carbons (Fsp3) is 0.292. The number of nitrogens with one attached hydrogen (secondary N) is 2. The number of aliphatic hydroxyl groups is 1. The number of carbonyl (C=O) groups excluding carboxylic acids is 1. The highest BCUT2D eigenvalue weighted by atomic mass is 16.3. The molecule has 0 aliphatic carbocycles. The molecule has 10 heteroatoms. The van der Waals surface area contributed by atoms with Crippen LogP contribution in [0.2, 0.25) is 0 Å². The number of aliphatic hydroxyl groups excluding tert-OH is 1. The van der Waals surface area contributed by atoms with Gasteiger partial charge in [0.25, 0.3) is 5.91 Å². The summed E-state index contributed by atoms with van der Waals surface area (Å²) in [6.45, 7) is 5.66. The van der Waals surface area contributed by atoms with Gasteiger partial charge >= 0.3 is 0 Å². The Balaban J connectivity index is 1.46. The lowest BCUT2D eigenvalue weighted by Gasteiger charge is -2.34. The van der Waals surface area contributed by atoms with Crippen molar-refractivity contribution in [1.29, 1.82) is 0 Å². The minimum absolute atomic E-state index is 0.149. The van der Waals surface area contributed by atoms with Crippen molar-refractivity contribution < 1.29 is 9.90 Å². The summed E-state index contributed by atoms with van der Waals surface area (Å²) in [5.74, 6) is 7.21. The molecule has 0 saturated carbocycles. The summed E-state index contributed by atoms with van der Waals surface area (Å²) in [6, 6.07) is 12.6. The van der Waals surface area contributed by atoms with Crippen LogP contribution in [0.15, 0.2) is 48.7 Å². The van der Waals surface area contributed by atoms with E-state index in [0.29, 0.717) is 41.3 Å². The molecule has 4 rings (SSSR count). The summed E-state index contributed by atoms with van der Waals surface area (Å²) in [5, 5.41) is 15.1. The Bertz CT molecular complexity index is 1170. The average molecular weight is 459 g/mol. The highest BCUT2D eigenvalue weighted by Gasteiger charge is 2.20. The van der Waals surface area contributed by atoms with Crippen molar-refractivity contribution in [2.24, 2.45) is 0 Å². The van der Waals surface area contributed by atoms with Gasteiger partial charge in [-0.15, -0.1) is 0 Å². The molecular weight excluding hydrogens is 432 g/mol. The second-order valence-corrected chi connectivity index (χ2v) is 7.59. The summed E-state index contributed by atoms with van der Waals surface area (Å²) >= 11 is 0. The number of piperazine rings is 1. The van der Waals surface area contributed by atoms with Gasteiger partial charge in [0.15, 0.2) is 0 Å². The molecule has 1 saturated heterocycles. The van der Waals surface area contributed by atoms with Gasteiger partial charge < -0.3 is 20.6 Å². The second-order valence-electron chi connectivity index (χ2n) is 7.59. The zero-order valence-electron chi connectivity index (χ0n) is 18.9. The highest BCUT2D eigenvalue weighted by Crippen LogP contribution is 2.17. The Morgan fingerprint density at radius 3 is 2.53 bits per heavy atom. The number of hydrogen-bond acceptors (Lipinski definition) is 9. The standard InChI is InChI=1S/C24H26N8O2/c1-2-6-21-28-23(30-24(29-21)32-13-11-31(12-14-32)15-16-33)27-20-10-9-18(17-25-20)22(34)26-19-7-4-3-5-8-19/h3-5,7-10,17,33H,11-16H2,1H3,(H,26,34)(H,25,27,28,29,30). The number of nitrogens with zero attached hydrogens (tertiary/aromatic N) is 6. The number of β-amino-alcohol motifs (C(OH)–C–C–N with tert-alkyl or cyclic N) is 1. The Morgan fingerprint density at radius 2 is 1.85 bits per heavy atom.